The number of ether oxygens (including phenoxy) is 1. The van der Waals surface area contributed by atoms with Crippen molar-refractivity contribution < 1.29 is 9.53 Å². The standard InChI is InChI=1S/C10H15ClN4O2/c1-15(3-4-17-2)10(16)7-5-8(11)9(14-12)13-6-7/h5-6H,3-4,12H2,1-2H3,(H,13,14). The smallest absolute Gasteiger partial charge is 0.255 e. The molecule has 0 unspecified atom stereocenters. The number of amides is 1. The summed E-state index contributed by atoms with van der Waals surface area (Å²) in [7, 11) is 3.27. The normalized spacial score (nSPS) is 10.1. The van der Waals surface area contributed by atoms with Gasteiger partial charge in [0.1, 0.15) is 0 Å². The minimum Gasteiger partial charge on any atom is -0.383 e. The maximum Gasteiger partial charge on any atom is 0.255 e. The minimum atomic E-state index is -0.167. The zero-order valence-corrected chi connectivity index (χ0v) is 10.5. The number of carbonyl (C=O) groups excluding carboxylic acids is 1. The monoisotopic (exact) mass is 258 g/mol. The molecule has 0 bridgehead atoms. The number of aromatic nitrogens is 1. The summed E-state index contributed by atoms with van der Waals surface area (Å²) >= 11 is 5.88. The number of nitrogen functional groups attached to an aromatic ring is 1. The van der Waals surface area contributed by atoms with Crippen molar-refractivity contribution in [3.8, 4) is 0 Å². The van der Waals surface area contributed by atoms with Crippen LogP contribution in [0.2, 0.25) is 5.02 Å². The van der Waals surface area contributed by atoms with E-state index in [1.54, 1.807) is 14.2 Å². The Morgan fingerprint density at radius 3 is 2.94 bits per heavy atom. The average Bonchev–Trinajstić information content (AvgIpc) is 2.34. The van der Waals surface area contributed by atoms with Crippen LogP contribution in [-0.4, -0.2) is 43.1 Å². The fourth-order valence-corrected chi connectivity index (χ4v) is 1.43. The summed E-state index contributed by atoms with van der Waals surface area (Å²) in [4.78, 5) is 17.4. The number of hydrazine groups is 1. The van der Waals surface area contributed by atoms with E-state index in [9.17, 15) is 4.79 Å². The highest BCUT2D eigenvalue weighted by atomic mass is 35.5. The van der Waals surface area contributed by atoms with Crippen LogP contribution in [0.15, 0.2) is 12.3 Å². The average molecular weight is 259 g/mol. The molecule has 94 valence electrons. The van der Waals surface area contributed by atoms with Gasteiger partial charge in [0.2, 0.25) is 0 Å². The van der Waals surface area contributed by atoms with Crippen molar-refractivity contribution in [3.63, 3.8) is 0 Å². The Balaban J connectivity index is 2.78. The Morgan fingerprint density at radius 2 is 2.41 bits per heavy atom. The molecule has 0 saturated carbocycles. The SMILES string of the molecule is COCCN(C)C(=O)c1cnc(NN)c(Cl)c1. The molecule has 1 aromatic rings. The topological polar surface area (TPSA) is 80.5 Å². The predicted octanol–water partition coefficient (Wildman–Crippen LogP) is 0.739. The molecule has 0 saturated heterocycles. The van der Waals surface area contributed by atoms with Crippen molar-refractivity contribution in [3.05, 3.63) is 22.8 Å². The molecule has 0 fully saturated rings. The molecule has 0 aromatic carbocycles. The van der Waals surface area contributed by atoms with Crippen molar-refractivity contribution in [2.24, 2.45) is 5.84 Å². The number of anilines is 1. The molecular formula is C10H15ClN4O2. The molecule has 1 aromatic heterocycles. The molecule has 0 radical (unpaired) electrons. The lowest BCUT2D eigenvalue weighted by molar-refractivity contribution is 0.0744. The van der Waals surface area contributed by atoms with Gasteiger partial charge in [-0.25, -0.2) is 10.8 Å². The van der Waals surface area contributed by atoms with E-state index in [1.165, 1.54) is 17.2 Å². The Morgan fingerprint density at radius 1 is 1.71 bits per heavy atom. The summed E-state index contributed by atoms with van der Waals surface area (Å²) in [5.41, 5.74) is 2.75. The molecule has 1 rings (SSSR count). The third kappa shape index (κ3) is 3.55. The zero-order chi connectivity index (χ0) is 12.8. The first-order chi connectivity index (χ1) is 8.10. The first-order valence-corrected chi connectivity index (χ1v) is 5.34. The van der Waals surface area contributed by atoms with E-state index in [2.05, 4.69) is 10.4 Å². The molecule has 0 aliphatic carbocycles. The van der Waals surface area contributed by atoms with Gasteiger partial charge < -0.3 is 15.1 Å². The lowest BCUT2D eigenvalue weighted by Crippen LogP contribution is -2.30. The number of nitrogens with one attached hydrogen (secondary N) is 1. The van der Waals surface area contributed by atoms with Gasteiger partial charge in [-0.05, 0) is 6.07 Å². The van der Waals surface area contributed by atoms with Gasteiger partial charge in [0, 0.05) is 26.9 Å². The molecule has 0 aliphatic rings. The number of methoxy groups -OCH3 is 1. The third-order valence-electron chi connectivity index (χ3n) is 2.20. The number of rotatable bonds is 5. The van der Waals surface area contributed by atoms with Crippen LogP contribution in [0.4, 0.5) is 5.82 Å². The molecule has 17 heavy (non-hydrogen) atoms. The Bertz CT molecular complexity index is 400. The molecule has 3 N–H and O–H groups in total. The Hall–Kier alpha value is -1.37. The van der Waals surface area contributed by atoms with Gasteiger partial charge in [0.05, 0.1) is 17.2 Å². The first-order valence-electron chi connectivity index (χ1n) is 4.96. The maximum absolute atomic E-state index is 11.9. The van der Waals surface area contributed by atoms with E-state index < -0.39 is 0 Å². The molecule has 0 aliphatic heterocycles. The second kappa shape index (κ2) is 6.39. The minimum absolute atomic E-state index is 0.167. The second-order valence-electron chi connectivity index (χ2n) is 3.42. The molecule has 6 nitrogen and oxygen atoms in total. The number of hydrogen-bond donors (Lipinski definition) is 2. The molecule has 7 heteroatoms. The molecule has 1 heterocycles. The fraction of sp³-hybridized carbons (Fsp3) is 0.400. The predicted molar refractivity (Wildman–Crippen MR) is 65.9 cm³/mol. The number of nitrogens with two attached hydrogens (primary N) is 1. The highest BCUT2D eigenvalue weighted by Gasteiger charge is 2.13. The summed E-state index contributed by atoms with van der Waals surface area (Å²) in [6.45, 7) is 0.982. The number of likely N-dealkylation sites (N-methyl/N-ethyl adjacent to an activating group) is 1. The molecule has 1 amide bonds. The van der Waals surface area contributed by atoms with Crippen molar-refractivity contribution in [1.82, 2.24) is 9.88 Å². The molecular weight excluding hydrogens is 244 g/mol. The maximum atomic E-state index is 11.9. The third-order valence-corrected chi connectivity index (χ3v) is 2.49. The number of carbonyl (C=O) groups is 1. The van der Waals surface area contributed by atoms with Gasteiger partial charge in [-0.15, -0.1) is 0 Å². The number of hydrogen-bond acceptors (Lipinski definition) is 5. The van der Waals surface area contributed by atoms with Crippen molar-refractivity contribution in [2.45, 2.75) is 0 Å². The van der Waals surface area contributed by atoms with E-state index in [0.29, 0.717) is 29.6 Å². The zero-order valence-electron chi connectivity index (χ0n) is 9.74. The van der Waals surface area contributed by atoms with E-state index >= 15 is 0 Å². The van der Waals surface area contributed by atoms with Crippen LogP contribution in [0.1, 0.15) is 10.4 Å². The van der Waals surface area contributed by atoms with E-state index in [1.807, 2.05) is 0 Å². The van der Waals surface area contributed by atoms with Crippen LogP contribution in [0, 0.1) is 0 Å². The van der Waals surface area contributed by atoms with Crippen LogP contribution in [0.25, 0.3) is 0 Å². The number of pyridine rings is 1. The van der Waals surface area contributed by atoms with Crippen molar-refractivity contribution in [1.29, 1.82) is 0 Å². The van der Waals surface area contributed by atoms with Crippen molar-refractivity contribution in [2.75, 3.05) is 32.7 Å². The van der Waals surface area contributed by atoms with Gasteiger partial charge in [-0.3, -0.25) is 4.79 Å². The Kier molecular flexibility index (Phi) is 5.14. The molecule has 0 atom stereocenters. The van der Waals surface area contributed by atoms with Crippen LogP contribution in [0.5, 0.6) is 0 Å². The lowest BCUT2D eigenvalue weighted by atomic mass is 10.2. The summed E-state index contributed by atoms with van der Waals surface area (Å²) in [5.74, 6) is 5.36. The van der Waals surface area contributed by atoms with Gasteiger partial charge >= 0.3 is 0 Å². The second-order valence-corrected chi connectivity index (χ2v) is 3.83. The summed E-state index contributed by atoms with van der Waals surface area (Å²) < 4.78 is 4.90. The first kappa shape index (κ1) is 13.7. The summed E-state index contributed by atoms with van der Waals surface area (Å²) in [6, 6.07) is 1.52. The summed E-state index contributed by atoms with van der Waals surface area (Å²) in [5, 5.41) is 0.304. The van der Waals surface area contributed by atoms with Crippen LogP contribution >= 0.6 is 11.6 Å². The highest BCUT2D eigenvalue weighted by molar-refractivity contribution is 6.33. The van der Waals surface area contributed by atoms with Crippen LogP contribution in [-0.2, 0) is 4.74 Å². The molecule has 0 spiro atoms. The number of halogens is 1. The van der Waals surface area contributed by atoms with Gasteiger partial charge in [0.25, 0.3) is 5.91 Å². The van der Waals surface area contributed by atoms with Gasteiger partial charge in [0.15, 0.2) is 5.82 Å². The highest BCUT2D eigenvalue weighted by Crippen LogP contribution is 2.19. The van der Waals surface area contributed by atoms with E-state index in [0.717, 1.165) is 0 Å². The van der Waals surface area contributed by atoms with E-state index in [-0.39, 0.29) is 5.91 Å². The van der Waals surface area contributed by atoms with Crippen molar-refractivity contribution >= 4 is 23.3 Å². The number of nitrogens with zero attached hydrogens (tertiary/aromatic N) is 2. The van der Waals surface area contributed by atoms with Crippen LogP contribution in [0.3, 0.4) is 0 Å². The Labute approximate surface area is 105 Å². The largest absolute Gasteiger partial charge is 0.383 e. The summed E-state index contributed by atoms with van der Waals surface area (Å²) in [6.07, 6.45) is 1.42. The van der Waals surface area contributed by atoms with Gasteiger partial charge in [-0.1, -0.05) is 11.6 Å². The quantitative estimate of drug-likeness (QED) is 0.601. The van der Waals surface area contributed by atoms with E-state index in [4.69, 9.17) is 22.2 Å². The van der Waals surface area contributed by atoms with Crippen LogP contribution < -0.4 is 11.3 Å². The lowest BCUT2D eigenvalue weighted by Gasteiger charge is -2.16. The van der Waals surface area contributed by atoms with Gasteiger partial charge in [-0.2, -0.15) is 0 Å². The fourth-order valence-electron chi connectivity index (χ4n) is 1.21.